The smallest absolute Gasteiger partial charge is 0.307 e. The third kappa shape index (κ3) is 3.23. The molecule has 0 saturated heterocycles. The summed E-state index contributed by atoms with van der Waals surface area (Å²) in [6.07, 6.45) is 1.37. The SMILES string of the molecule is O=C(O)Cc1ccc(-c2c(-c3ccccc3)[nH]c3cc(=O)ccn3c2=O)cc1. The number of carbonyl (C=O) groups is 1. The van der Waals surface area contributed by atoms with Crippen LogP contribution in [-0.4, -0.2) is 20.5 Å². The molecule has 0 aliphatic heterocycles. The van der Waals surface area contributed by atoms with Crippen molar-refractivity contribution in [3.8, 4) is 22.4 Å². The molecule has 0 fully saturated rings. The molecule has 28 heavy (non-hydrogen) atoms. The summed E-state index contributed by atoms with van der Waals surface area (Å²) >= 11 is 0. The molecule has 4 aromatic rings. The van der Waals surface area contributed by atoms with Gasteiger partial charge in [0.25, 0.3) is 5.56 Å². The first-order valence-corrected chi connectivity index (χ1v) is 8.68. The first kappa shape index (κ1) is 17.5. The van der Waals surface area contributed by atoms with Crippen molar-refractivity contribution in [3.05, 3.63) is 99.1 Å². The average Bonchev–Trinajstić information content (AvgIpc) is 2.69. The molecule has 2 aromatic carbocycles. The monoisotopic (exact) mass is 372 g/mol. The molecule has 6 nitrogen and oxygen atoms in total. The number of fused-ring (bicyclic) bond motifs is 1. The van der Waals surface area contributed by atoms with Crippen LogP contribution >= 0.6 is 0 Å². The Morgan fingerprint density at radius 2 is 1.64 bits per heavy atom. The standard InChI is InChI=1S/C22H16N2O4/c25-17-10-11-24-18(13-17)23-21(16-4-2-1-3-5-16)20(22(24)28)15-8-6-14(7-9-15)12-19(26)27/h1-11,13,23H,12H2,(H,26,27). The van der Waals surface area contributed by atoms with Gasteiger partial charge in [-0.05, 0) is 16.7 Å². The first-order valence-electron chi connectivity index (χ1n) is 8.68. The minimum Gasteiger partial charge on any atom is -0.481 e. The molecule has 0 spiro atoms. The van der Waals surface area contributed by atoms with Gasteiger partial charge in [0, 0.05) is 18.3 Å². The molecule has 0 aliphatic carbocycles. The molecule has 0 aliphatic rings. The summed E-state index contributed by atoms with van der Waals surface area (Å²) in [6.45, 7) is 0. The summed E-state index contributed by atoms with van der Waals surface area (Å²) in [4.78, 5) is 39.1. The summed E-state index contributed by atoms with van der Waals surface area (Å²) in [5, 5.41) is 8.95. The van der Waals surface area contributed by atoms with Crippen LogP contribution in [0.1, 0.15) is 5.56 Å². The molecule has 4 rings (SSSR count). The van der Waals surface area contributed by atoms with E-state index in [1.165, 1.54) is 22.7 Å². The predicted molar refractivity (Wildman–Crippen MR) is 106 cm³/mol. The number of aromatic amines is 1. The van der Waals surface area contributed by atoms with Crippen LogP contribution in [0.25, 0.3) is 28.0 Å². The van der Waals surface area contributed by atoms with Crippen molar-refractivity contribution in [1.29, 1.82) is 0 Å². The fraction of sp³-hybridized carbons (Fsp3) is 0.0455. The van der Waals surface area contributed by atoms with Crippen molar-refractivity contribution in [2.45, 2.75) is 6.42 Å². The summed E-state index contributed by atoms with van der Waals surface area (Å²) in [7, 11) is 0. The number of hydrogen-bond acceptors (Lipinski definition) is 3. The zero-order valence-corrected chi connectivity index (χ0v) is 14.8. The summed E-state index contributed by atoms with van der Waals surface area (Å²) in [5.41, 5.74) is 3.12. The van der Waals surface area contributed by atoms with Gasteiger partial charge in [0.1, 0.15) is 5.65 Å². The normalized spacial score (nSPS) is 10.9. The van der Waals surface area contributed by atoms with Crippen molar-refractivity contribution in [3.63, 3.8) is 0 Å². The van der Waals surface area contributed by atoms with Gasteiger partial charge in [-0.3, -0.25) is 18.8 Å². The lowest BCUT2D eigenvalue weighted by molar-refractivity contribution is -0.136. The van der Waals surface area contributed by atoms with Crippen molar-refractivity contribution < 1.29 is 9.90 Å². The maximum atomic E-state index is 13.2. The van der Waals surface area contributed by atoms with E-state index in [4.69, 9.17) is 5.11 Å². The predicted octanol–water partition coefficient (Wildman–Crippen LogP) is 2.95. The van der Waals surface area contributed by atoms with Gasteiger partial charge in [-0.1, -0.05) is 54.6 Å². The molecule has 0 bridgehead atoms. The third-order valence-electron chi connectivity index (χ3n) is 4.52. The molecule has 0 radical (unpaired) electrons. The van der Waals surface area contributed by atoms with Crippen LogP contribution in [0.2, 0.25) is 0 Å². The van der Waals surface area contributed by atoms with Crippen LogP contribution in [0.15, 0.2) is 82.5 Å². The van der Waals surface area contributed by atoms with Gasteiger partial charge in [0.15, 0.2) is 5.43 Å². The lowest BCUT2D eigenvalue weighted by Gasteiger charge is -2.13. The molecular formula is C22H16N2O4. The number of hydrogen-bond donors (Lipinski definition) is 2. The Bertz CT molecular complexity index is 1290. The van der Waals surface area contributed by atoms with Crippen LogP contribution < -0.4 is 11.0 Å². The Kier molecular flexibility index (Phi) is 4.37. The van der Waals surface area contributed by atoms with Crippen LogP contribution in [0.4, 0.5) is 0 Å². The second kappa shape index (κ2) is 7.00. The van der Waals surface area contributed by atoms with E-state index in [9.17, 15) is 14.4 Å². The molecule has 2 aromatic heterocycles. The van der Waals surface area contributed by atoms with Crippen molar-refractivity contribution >= 4 is 11.6 Å². The topological polar surface area (TPSA) is 91.6 Å². The van der Waals surface area contributed by atoms with Gasteiger partial charge in [0.05, 0.1) is 17.7 Å². The largest absolute Gasteiger partial charge is 0.481 e. The second-order valence-electron chi connectivity index (χ2n) is 6.43. The Balaban J connectivity index is 1.99. The lowest BCUT2D eigenvalue weighted by Crippen LogP contribution is -2.20. The molecule has 0 saturated carbocycles. The van der Waals surface area contributed by atoms with E-state index in [1.54, 1.807) is 24.3 Å². The molecular weight excluding hydrogens is 356 g/mol. The van der Waals surface area contributed by atoms with Gasteiger partial charge in [-0.15, -0.1) is 0 Å². The lowest BCUT2D eigenvalue weighted by atomic mass is 9.98. The number of nitrogens with zero attached hydrogens (tertiary/aromatic N) is 1. The Morgan fingerprint density at radius 1 is 0.929 bits per heavy atom. The van der Waals surface area contributed by atoms with E-state index in [0.717, 1.165) is 5.56 Å². The Labute approximate surface area is 159 Å². The highest BCUT2D eigenvalue weighted by Crippen LogP contribution is 2.28. The van der Waals surface area contributed by atoms with E-state index < -0.39 is 5.97 Å². The molecule has 0 amide bonds. The van der Waals surface area contributed by atoms with Crippen LogP contribution in [0.3, 0.4) is 0 Å². The number of rotatable bonds is 4. The number of pyridine rings is 1. The van der Waals surface area contributed by atoms with Gasteiger partial charge >= 0.3 is 5.97 Å². The number of nitrogens with one attached hydrogen (secondary N) is 1. The molecule has 138 valence electrons. The minimum atomic E-state index is -0.912. The first-order chi connectivity index (χ1) is 13.5. The quantitative estimate of drug-likeness (QED) is 0.576. The maximum Gasteiger partial charge on any atom is 0.307 e. The minimum absolute atomic E-state index is 0.0824. The number of aromatic nitrogens is 2. The van der Waals surface area contributed by atoms with Gasteiger partial charge in [-0.25, -0.2) is 0 Å². The van der Waals surface area contributed by atoms with Gasteiger partial charge in [0.2, 0.25) is 0 Å². The van der Waals surface area contributed by atoms with Crippen molar-refractivity contribution in [2.75, 3.05) is 0 Å². The highest BCUT2D eigenvalue weighted by atomic mass is 16.4. The summed E-state index contributed by atoms with van der Waals surface area (Å²) in [5.74, 6) is -0.912. The zero-order valence-electron chi connectivity index (χ0n) is 14.8. The van der Waals surface area contributed by atoms with Gasteiger partial charge < -0.3 is 10.1 Å². The van der Waals surface area contributed by atoms with E-state index in [2.05, 4.69) is 4.98 Å². The maximum absolute atomic E-state index is 13.2. The highest BCUT2D eigenvalue weighted by Gasteiger charge is 2.15. The fourth-order valence-electron chi connectivity index (χ4n) is 3.23. The van der Waals surface area contributed by atoms with E-state index in [0.29, 0.717) is 28.0 Å². The van der Waals surface area contributed by atoms with E-state index >= 15 is 0 Å². The molecule has 6 heteroatoms. The highest BCUT2D eigenvalue weighted by molar-refractivity contribution is 5.81. The molecule has 0 unspecified atom stereocenters. The summed E-state index contributed by atoms with van der Waals surface area (Å²) in [6, 6.07) is 19.0. The van der Waals surface area contributed by atoms with Gasteiger partial charge in [-0.2, -0.15) is 0 Å². The third-order valence-corrected chi connectivity index (χ3v) is 4.52. The molecule has 2 N–H and O–H groups in total. The number of carboxylic acid groups (broad SMARTS) is 1. The average molecular weight is 372 g/mol. The van der Waals surface area contributed by atoms with Crippen LogP contribution in [0.5, 0.6) is 0 Å². The summed E-state index contributed by atoms with van der Waals surface area (Å²) < 4.78 is 1.40. The molecule has 0 atom stereocenters. The Morgan fingerprint density at radius 3 is 2.32 bits per heavy atom. The van der Waals surface area contributed by atoms with E-state index in [-0.39, 0.29) is 17.4 Å². The van der Waals surface area contributed by atoms with Crippen LogP contribution in [0, 0.1) is 0 Å². The molecule has 2 heterocycles. The van der Waals surface area contributed by atoms with Crippen LogP contribution in [-0.2, 0) is 11.2 Å². The zero-order chi connectivity index (χ0) is 19.7. The number of benzene rings is 2. The van der Waals surface area contributed by atoms with E-state index in [1.807, 2.05) is 30.3 Å². The number of carboxylic acids is 1. The Hall–Kier alpha value is -3.93. The number of aliphatic carboxylic acids is 1. The fourth-order valence-corrected chi connectivity index (χ4v) is 3.23. The van der Waals surface area contributed by atoms with Crippen molar-refractivity contribution in [2.24, 2.45) is 0 Å². The van der Waals surface area contributed by atoms with Crippen molar-refractivity contribution in [1.82, 2.24) is 9.38 Å². The number of H-pyrrole nitrogens is 1. The second-order valence-corrected chi connectivity index (χ2v) is 6.43.